The first-order valence-electron chi connectivity index (χ1n) is 10.3. The first-order valence-corrected chi connectivity index (χ1v) is 11.4. The SMILES string of the molecule is COC(=O)CSCC(O)Cc1cccc(C2CCCC2)c1OCc1ccccc1. The summed E-state index contributed by atoms with van der Waals surface area (Å²) in [5, 5.41) is 10.5. The van der Waals surface area contributed by atoms with Gasteiger partial charge < -0.3 is 14.6 Å². The molecular formula is C24H30O4S. The lowest BCUT2D eigenvalue weighted by Crippen LogP contribution is -2.17. The summed E-state index contributed by atoms with van der Waals surface area (Å²) in [7, 11) is 1.38. The van der Waals surface area contributed by atoms with E-state index in [0.29, 0.717) is 24.7 Å². The fourth-order valence-electron chi connectivity index (χ4n) is 3.88. The molecule has 1 atom stereocenters. The monoisotopic (exact) mass is 414 g/mol. The quantitative estimate of drug-likeness (QED) is 0.570. The molecule has 156 valence electrons. The molecule has 0 amide bonds. The van der Waals surface area contributed by atoms with E-state index in [2.05, 4.69) is 29.0 Å². The largest absolute Gasteiger partial charge is 0.488 e. The first-order chi connectivity index (χ1) is 14.2. The van der Waals surface area contributed by atoms with Crippen molar-refractivity contribution < 1.29 is 19.4 Å². The van der Waals surface area contributed by atoms with Gasteiger partial charge in [-0.1, -0.05) is 61.4 Å². The van der Waals surface area contributed by atoms with Crippen LogP contribution in [-0.2, 0) is 22.6 Å². The summed E-state index contributed by atoms with van der Waals surface area (Å²) in [5.41, 5.74) is 3.44. The van der Waals surface area contributed by atoms with Crippen LogP contribution >= 0.6 is 11.8 Å². The molecule has 0 radical (unpaired) electrons. The van der Waals surface area contributed by atoms with E-state index in [1.54, 1.807) is 0 Å². The molecule has 29 heavy (non-hydrogen) atoms. The standard InChI is InChI=1S/C24H30O4S/c1-27-23(26)17-29-16-21(25)14-20-12-7-13-22(19-10-5-6-11-19)24(20)28-15-18-8-3-2-4-9-18/h2-4,7-9,12-13,19,21,25H,5-6,10-11,14-17H2,1H3. The van der Waals surface area contributed by atoms with Crippen LogP contribution in [0.1, 0.15) is 48.3 Å². The lowest BCUT2D eigenvalue weighted by atomic mass is 9.93. The van der Waals surface area contributed by atoms with Crippen LogP contribution in [-0.4, -0.2) is 35.8 Å². The molecule has 0 saturated heterocycles. The van der Waals surface area contributed by atoms with Crippen molar-refractivity contribution in [1.82, 2.24) is 0 Å². The molecule has 0 bridgehead atoms. The Balaban J connectivity index is 1.72. The van der Waals surface area contributed by atoms with E-state index < -0.39 is 6.10 Å². The molecule has 0 heterocycles. The molecule has 3 rings (SSSR count). The average Bonchev–Trinajstić information content (AvgIpc) is 3.28. The van der Waals surface area contributed by atoms with Crippen LogP contribution in [0.3, 0.4) is 0 Å². The predicted octanol–water partition coefficient (Wildman–Crippen LogP) is 4.73. The molecule has 0 aliphatic heterocycles. The third kappa shape index (κ3) is 6.51. The molecule has 5 heteroatoms. The van der Waals surface area contributed by atoms with Crippen molar-refractivity contribution >= 4 is 17.7 Å². The Kier molecular flexibility index (Phi) is 8.44. The minimum atomic E-state index is -0.539. The molecule has 2 aromatic rings. The Labute approximate surface area is 177 Å². The topological polar surface area (TPSA) is 55.8 Å². The maximum atomic E-state index is 11.3. The van der Waals surface area contributed by atoms with Crippen LogP contribution < -0.4 is 4.74 Å². The summed E-state index contributed by atoms with van der Waals surface area (Å²) in [6, 6.07) is 16.5. The van der Waals surface area contributed by atoms with Gasteiger partial charge in [0.1, 0.15) is 12.4 Å². The molecular weight excluding hydrogens is 384 g/mol. The maximum absolute atomic E-state index is 11.3. The van der Waals surface area contributed by atoms with Gasteiger partial charge >= 0.3 is 5.97 Å². The van der Waals surface area contributed by atoms with Gasteiger partial charge in [-0.2, -0.15) is 0 Å². The summed E-state index contributed by atoms with van der Waals surface area (Å²) in [6.07, 6.45) is 4.90. The van der Waals surface area contributed by atoms with Crippen molar-refractivity contribution in [2.24, 2.45) is 0 Å². The highest BCUT2D eigenvalue weighted by Gasteiger charge is 2.23. The Hall–Kier alpha value is -1.98. The van der Waals surface area contributed by atoms with Gasteiger partial charge in [-0.25, -0.2) is 0 Å². The van der Waals surface area contributed by atoms with Gasteiger partial charge in [-0.05, 0) is 35.4 Å². The fraction of sp³-hybridized carbons (Fsp3) is 0.458. The summed E-state index contributed by atoms with van der Waals surface area (Å²) in [4.78, 5) is 11.3. The normalized spacial score (nSPS) is 15.2. The zero-order valence-electron chi connectivity index (χ0n) is 17.0. The molecule has 4 nitrogen and oxygen atoms in total. The van der Waals surface area contributed by atoms with E-state index in [-0.39, 0.29) is 11.7 Å². The molecule has 1 aliphatic carbocycles. The number of rotatable bonds is 10. The van der Waals surface area contributed by atoms with E-state index in [0.717, 1.165) is 16.9 Å². The van der Waals surface area contributed by atoms with E-state index >= 15 is 0 Å². The molecule has 1 aliphatic rings. The van der Waals surface area contributed by atoms with Crippen LogP contribution in [0.2, 0.25) is 0 Å². The number of aliphatic hydroxyl groups excluding tert-OH is 1. The van der Waals surface area contributed by atoms with E-state index in [9.17, 15) is 9.90 Å². The predicted molar refractivity (Wildman–Crippen MR) is 117 cm³/mol. The first kappa shape index (κ1) is 21.7. The van der Waals surface area contributed by atoms with Crippen molar-refractivity contribution in [3.63, 3.8) is 0 Å². The fourth-order valence-corrected chi connectivity index (χ4v) is 4.67. The van der Waals surface area contributed by atoms with Gasteiger partial charge in [0.25, 0.3) is 0 Å². The lowest BCUT2D eigenvalue weighted by molar-refractivity contribution is -0.137. The van der Waals surface area contributed by atoms with Crippen molar-refractivity contribution in [1.29, 1.82) is 0 Å². The zero-order valence-corrected chi connectivity index (χ0v) is 17.8. The number of para-hydroxylation sites is 1. The van der Waals surface area contributed by atoms with Gasteiger partial charge in [0.2, 0.25) is 0 Å². The number of hydrogen-bond acceptors (Lipinski definition) is 5. The number of hydrogen-bond donors (Lipinski definition) is 1. The Bertz CT molecular complexity index is 772. The number of esters is 1. The Morgan fingerprint density at radius 1 is 1.14 bits per heavy atom. The smallest absolute Gasteiger partial charge is 0.315 e. The van der Waals surface area contributed by atoms with Gasteiger partial charge in [0, 0.05) is 12.2 Å². The van der Waals surface area contributed by atoms with Crippen molar-refractivity contribution in [3.05, 3.63) is 65.2 Å². The van der Waals surface area contributed by atoms with Crippen molar-refractivity contribution in [2.45, 2.75) is 50.7 Å². The highest BCUT2D eigenvalue weighted by molar-refractivity contribution is 7.99. The lowest BCUT2D eigenvalue weighted by Gasteiger charge is -2.21. The molecule has 0 spiro atoms. The third-order valence-electron chi connectivity index (χ3n) is 5.36. The zero-order chi connectivity index (χ0) is 20.5. The molecule has 1 unspecified atom stereocenters. The number of methoxy groups -OCH3 is 1. The number of ether oxygens (including phenoxy) is 2. The molecule has 0 aromatic heterocycles. The number of carbonyl (C=O) groups excluding carboxylic acids is 1. The second-order valence-electron chi connectivity index (χ2n) is 7.54. The summed E-state index contributed by atoms with van der Waals surface area (Å²) in [6.45, 7) is 0.519. The van der Waals surface area contributed by atoms with Gasteiger partial charge in [0.15, 0.2) is 0 Å². The highest BCUT2D eigenvalue weighted by atomic mass is 32.2. The van der Waals surface area contributed by atoms with Gasteiger partial charge in [-0.15, -0.1) is 11.8 Å². The maximum Gasteiger partial charge on any atom is 0.315 e. The second kappa shape index (κ2) is 11.3. The molecule has 2 aromatic carbocycles. The van der Waals surface area contributed by atoms with Crippen LogP contribution in [0.15, 0.2) is 48.5 Å². The number of aliphatic hydroxyl groups is 1. The van der Waals surface area contributed by atoms with E-state index in [1.807, 2.05) is 24.3 Å². The van der Waals surface area contributed by atoms with Crippen molar-refractivity contribution in [2.75, 3.05) is 18.6 Å². The average molecular weight is 415 g/mol. The van der Waals surface area contributed by atoms with Crippen molar-refractivity contribution in [3.8, 4) is 5.75 Å². The summed E-state index contributed by atoms with van der Waals surface area (Å²) < 4.78 is 11.0. The van der Waals surface area contributed by atoms with Crippen LogP contribution in [0, 0.1) is 0 Å². The Morgan fingerprint density at radius 3 is 2.62 bits per heavy atom. The second-order valence-corrected chi connectivity index (χ2v) is 8.57. The Morgan fingerprint density at radius 2 is 1.90 bits per heavy atom. The van der Waals surface area contributed by atoms with Crippen LogP contribution in [0.5, 0.6) is 5.75 Å². The molecule has 1 N–H and O–H groups in total. The molecule has 1 fully saturated rings. The van der Waals surface area contributed by atoms with Gasteiger partial charge in [0.05, 0.1) is 19.0 Å². The van der Waals surface area contributed by atoms with Crippen LogP contribution in [0.25, 0.3) is 0 Å². The summed E-state index contributed by atoms with van der Waals surface area (Å²) in [5.74, 6) is 1.94. The third-order valence-corrected chi connectivity index (χ3v) is 6.42. The minimum Gasteiger partial charge on any atom is -0.488 e. The number of carbonyl (C=O) groups is 1. The van der Waals surface area contributed by atoms with E-state index in [4.69, 9.17) is 4.74 Å². The highest BCUT2D eigenvalue weighted by Crippen LogP contribution is 2.40. The van der Waals surface area contributed by atoms with Crippen LogP contribution in [0.4, 0.5) is 0 Å². The summed E-state index contributed by atoms with van der Waals surface area (Å²) >= 11 is 1.39. The minimum absolute atomic E-state index is 0.257. The molecule has 1 saturated carbocycles. The van der Waals surface area contributed by atoms with E-state index in [1.165, 1.54) is 50.1 Å². The number of thioether (sulfide) groups is 1. The van der Waals surface area contributed by atoms with Gasteiger partial charge in [-0.3, -0.25) is 4.79 Å². The number of benzene rings is 2.